The zero-order valence-corrected chi connectivity index (χ0v) is 19.8. The Balaban J connectivity index is 1.54. The minimum Gasteiger partial charge on any atom is -0.506 e. The molecule has 0 saturated heterocycles. The van der Waals surface area contributed by atoms with E-state index in [0.29, 0.717) is 22.6 Å². The number of aromatic hydroxyl groups is 1. The van der Waals surface area contributed by atoms with Gasteiger partial charge < -0.3 is 19.9 Å². The zero-order chi connectivity index (χ0) is 27.6. The summed E-state index contributed by atoms with van der Waals surface area (Å²) in [6, 6.07) is 11.7. The second kappa shape index (κ2) is 10.1. The predicted molar refractivity (Wildman–Crippen MR) is 129 cm³/mol. The number of hydrogen-bond donors (Lipinski definition) is 3. The van der Waals surface area contributed by atoms with E-state index in [9.17, 15) is 32.7 Å². The van der Waals surface area contributed by atoms with Crippen LogP contribution in [0.2, 0.25) is 0 Å². The van der Waals surface area contributed by atoms with Gasteiger partial charge >= 0.3 is 12.1 Å². The summed E-state index contributed by atoms with van der Waals surface area (Å²) >= 11 is 0. The lowest BCUT2D eigenvalue weighted by molar-refractivity contribution is -0.274. The first-order chi connectivity index (χ1) is 17.9. The number of carbonyl (C=O) groups is 1. The molecule has 13 heteroatoms. The maximum Gasteiger partial charge on any atom is 0.573 e. The molecule has 1 amide bonds. The van der Waals surface area contributed by atoms with Crippen molar-refractivity contribution in [2.75, 3.05) is 5.32 Å². The van der Waals surface area contributed by atoms with Crippen LogP contribution < -0.4 is 26.0 Å². The third kappa shape index (κ3) is 6.00. The average molecular weight is 528 g/mol. The van der Waals surface area contributed by atoms with Crippen LogP contribution in [-0.4, -0.2) is 32.1 Å². The van der Waals surface area contributed by atoms with Gasteiger partial charge in [-0.3, -0.25) is 14.6 Å². The third-order valence-electron chi connectivity index (χ3n) is 5.19. The monoisotopic (exact) mass is 528 g/mol. The SMILES string of the molecule is Cc1cc(-n2ncc(=O)[nH]c2=O)cc(C)c1Oc1ccc(O)c(NC(=O)c2ccc(OC(F)(F)F)cc2)c1. The topological polar surface area (TPSA) is 136 Å². The Morgan fingerprint density at radius 2 is 1.63 bits per heavy atom. The Hall–Kier alpha value is -5.07. The molecule has 0 aliphatic carbocycles. The van der Waals surface area contributed by atoms with Gasteiger partial charge in [0, 0.05) is 11.6 Å². The van der Waals surface area contributed by atoms with Crippen molar-refractivity contribution in [1.82, 2.24) is 14.8 Å². The van der Waals surface area contributed by atoms with Crippen molar-refractivity contribution in [3.63, 3.8) is 0 Å². The van der Waals surface area contributed by atoms with Crippen LogP contribution in [0, 0.1) is 13.8 Å². The molecule has 3 N–H and O–H groups in total. The summed E-state index contributed by atoms with van der Waals surface area (Å²) < 4.78 is 47.8. The van der Waals surface area contributed by atoms with Gasteiger partial charge in [0.15, 0.2) is 0 Å². The van der Waals surface area contributed by atoms with Gasteiger partial charge in [0.1, 0.15) is 29.2 Å². The molecular formula is C25H19F3N4O6. The van der Waals surface area contributed by atoms with E-state index >= 15 is 0 Å². The number of carbonyl (C=O) groups excluding carboxylic acids is 1. The molecule has 0 radical (unpaired) electrons. The van der Waals surface area contributed by atoms with E-state index < -0.39 is 29.3 Å². The number of alkyl halides is 3. The van der Waals surface area contributed by atoms with Gasteiger partial charge in [-0.05, 0) is 73.5 Å². The van der Waals surface area contributed by atoms with Crippen LogP contribution in [0.4, 0.5) is 18.9 Å². The van der Waals surface area contributed by atoms with Crippen molar-refractivity contribution in [2.24, 2.45) is 0 Å². The Morgan fingerprint density at radius 1 is 1.00 bits per heavy atom. The molecule has 1 aromatic heterocycles. The summed E-state index contributed by atoms with van der Waals surface area (Å²) in [5.74, 6) is -0.744. The summed E-state index contributed by atoms with van der Waals surface area (Å²) in [5, 5.41) is 16.5. The lowest BCUT2D eigenvalue weighted by Gasteiger charge is -2.15. The quantitative estimate of drug-likeness (QED) is 0.320. The number of aromatic amines is 1. The lowest BCUT2D eigenvalue weighted by atomic mass is 10.1. The van der Waals surface area contributed by atoms with E-state index in [2.05, 4.69) is 20.1 Å². The molecule has 0 aliphatic rings. The zero-order valence-electron chi connectivity index (χ0n) is 19.8. The highest BCUT2D eigenvalue weighted by Gasteiger charge is 2.31. The highest BCUT2D eigenvalue weighted by Crippen LogP contribution is 2.35. The highest BCUT2D eigenvalue weighted by molar-refractivity contribution is 6.05. The second-order valence-electron chi connectivity index (χ2n) is 8.07. The first kappa shape index (κ1) is 26.0. The van der Waals surface area contributed by atoms with E-state index in [1.165, 1.54) is 18.2 Å². The molecule has 0 spiro atoms. The van der Waals surface area contributed by atoms with Gasteiger partial charge in [0.25, 0.3) is 11.5 Å². The molecule has 38 heavy (non-hydrogen) atoms. The molecule has 0 fully saturated rings. The number of hydrogen-bond acceptors (Lipinski definition) is 7. The summed E-state index contributed by atoms with van der Waals surface area (Å²) in [6.45, 7) is 3.47. The second-order valence-corrected chi connectivity index (χ2v) is 8.07. The van der Waals surface area contributed by atoms with E-state index in [4.69, 9.17) is 4.74 Å². The minimum atomic E-state index is -4.86. The number of amides is 1. The molecule has 4 rings (SSSR count). The van der Waals surface area contributed by atoms with Crippen LogP contribution in [0.5, 0.6) is 23.0 Å². The Labute approximate surface area is 211 Å². The molecule has 1 heterocycles. The number of phenols is 1. The number of nitrogens with zero attached hydrogens (tertiary/aromatic N) is 2. The van der Waals surface area contributed by atoms with Crippen LogP contribution in [-0.2, 0) is 0 Å². The van der Waals surface area contributed by atoms with Crippen LogP contribution in [0.3, 0.4) is 0 Å². The number of nitrogens with one attached hydrogen (secondary N) is 2. The fourth-order valence-corrected chi connectivity index (χ4v) is 3.55. The van der Waals surface area contributed by atoms with Crippen LogP contribution in [0.15, 0.2) is 70.4 Å². The van der Waals surface area contributed by atoms with Gasteiger partial charge in [-0.25, -0.2) is 4.79 Å². The van der Waals surface area contributed by atoms with Crippen molar-refractivity contribution in [3.8, 4) is 28.7 Å². The van der Waals surface area contributed by atoms with Crippen molar-refractivity contribution in [2.45, 2.75) is 20.2 Å². The Bertz CT molecular complexity index is 1610. The molecule has 0 atom stereocenters. The van der Waals surface area contributed by atoms with Crippen LogP contribution >= 0.6 is 0 Å². The fourth-order valence-electron chi connectivity index (χ4n) is 3.55. The maximum absolute atomic E-state index is 12.6. The van der Waals surface area contributed by atoms with Crippen molar-refractivity contribution < 1.29 is 32.5 Å². The van der Waals surface area contributed by atoms with E-state index in [1.807, 2.05) is 0 Å². The van der Waals surface area contributed by atoms with Gasteiger partial charge in [-0.15, -0.1) is 13.2 Å². The molecule has 196 valence electrons. The van der Waals surface area contributed by atoms with Gasteiger partial charge in [0.05, 0.1) is 11.4 Å². The Kier molecular flexibility index (Phi) is 6.93. The molecule has 0 aliphatic heterocycles. The number of halogens is 3. The highest BCUT2D eigenvalue weighted by atomic mass is 19.4. The predicted octanol–water partition coefficient (Wildman–Crippen LogP) is 4.19. The number of aromatic nitrogens is 3. The van der Waals surface area contributed by atoms with Gasteiger partial charge in [-0.1, -0.05) is 0 Å². The van der Waals surface area contributed by atoms with Gasteiger partial charge in [0.2, 0.25) is 0 Å². The van der Waals surface area contributed by atoms with Crippen LogP contribution in [0.1, 0.15) is 21.5 Å². The molecule has 0 bridgehead atoms. The van der Waals surface area contributed by atoms with Crippen molar-refractivity contribution >= 4 is 11.6 Å². The molecule has 10 nitrogen and oxygen atoms in total. The van der Waals surface area contributed by atoms with E-state index in [1.54, 1.807) is 26.0 Å². The molecule has 0 unspecified atom stereocenters. The van der Waals surface area contributed by atoms with Crippen molar-refractivity contribution in [3.05, 3.63) is 98.3 Å². The number of phenolic OH excluding ortho intramolecular Hbond substituents is 1. The molecule has 0 saturated carbocycles. The van der Waals surface area contributed by atoms with Crippen molar-refractivity contribution in [1.29, 1.82) is 0 Å². The summed E-state index contributed by atoms with van der Waals surface area (Å²) in [7, 11) is 0. The number of H-pyrrole nitrogens is 1. The number of anilines is 1. The normalized spacial score (nSPS) is 11.2. The maximum atomic E-state index is 12.6. The molecule has 3 aromatic carbocycles. The first-order valence-electron chi connectivity index (χ1n) is 10.9. The molecule has 4 aromatic rings. The number of ether oxygens (including phenoxy) is 2. The Morgan fingerprint density at radius 3 is 2.24 bits per heavy atom. The third-order valence-corrected chi connectivity index (χ3v) is 5.19. The largest absolute Gasteiger partial charge is 0.573 e. The summed E-state index contributed by atoms with van der Waals surface area (Å²) in [6.07, 6.45) is -3.88. The van der Waals surface area contributed by atoms with Crippen LogP contribution in [0.25, 0.3) is 5.69 Å². The number of aryl methyl sites for hydroxylation is 2. The standard InChI is InChI=1S/C25H19F3N4O6/c1-13-9-16(32-24(36)31-21(34)12-29-32)10-14(2)22(13)37-18-7-8-20(33)19(11-18)30-23(35)15-3-5-17(6-4-15)38-25(26,27)28/h3-12,33H,1-2H3,(H,30,35)(H,31,34,36). The summed E-state index contributed by atoms with van der Waals surface area (Å²) in [5.41, 5.74) is 0.352. The van der Waals surface area contributed by atoms with Gasteiger partial charge in [-0.2, -0.15) is 9.78 Å². The first-order valence-corrected chi connectivity index (χ1v) is 10.9. The average Bonchev–Trinajstić information content (AvgIpc) is 2.82. The smallest absolute Gasteiger partial charge is 0.506 e. The molecular weight excluding hydrogens is 509 g/mol. The minimum absolute atomic E-state index is 0.000892. The number of benzene rings is 3. The summed E-state index contributed by atoms with van der Waals surface area (Å²) in [4.78, 5) is 38.1. The number of rotatable bonds is 6. The fraction of sp³-hybridized carbons (Fsp3) is 0.120. The lowest BCUT2D eigenvalue weighted by Crippen LogP contribution is -2.30. The van der Waals surface area contributed by atoms with E-state index in [-0.39, 0.29) is 22.7 Å². The van der Waals surface area contributed by atoms with E-state index in [0.717, 1.165) is 35.1 Å².